The van der Waals surface area contributed by atoms with Crippen LogP contribution >= 0.6 is 0 Å². The monoisotopic (exact) mass is 218 g/mol. The molecule has 82 valence electrons. The fourth-order valence-electron chi connectivity index (χ4n) is 2.22. The zero-order valence-corrected chi connectivity index (χ0v) is 9.39. The second kappa shape index (κ2) is 5.49. The highest BCUT2D eigenvalue weighted by molar-refractivity contribution is 7.86. The third-order valence-corrected chi connectivity index (χ3v) is 4.79. The van der Waals surface area contributed by atoms with E-state index >= 15 is 0 Å². The lowest BCUT2D eigenvalue weighted by atomic mass is 9.87. The van der Waals surface area contributed by atoms with Crippen LogP contribution in [0.25, 0.3) is 0 Å². The van der Waals surface area contributed by atoms with Crippen LogP contribution in [0.15, 0.2) is 0 Å². The Labute approximate surface area is 87.3 Å². The number of aliphatic carboxylic acids is 1. The number of carboxylic acid groups (broad SMARTS) is 1. The highest BCUT2D eigenvalue weighted by Crippen LogP contribution is 2.30. The van der Waals surface area contributed by atoms with Gasteiger partial charge in [-0.2, -0.15) is 0 Å². The zero-order valence-electron chi connectivity index (χ0n) is 8.57. The molecular formula is C10H18O3S. The van der Waals surface area contributed by atoms with Crippen molar-refractivity contribution < 1.29 is 14.1 Å². The van der Waals surface area contributed by atoms with Crippen LogP contribution in [-0.4, -0.2) is 26.3 Å². The SMILES string of the molecule is CCC1CCCCC1S(=O)CC(=O)O. The quantitative estimate of drug-likeness (QED) is 0.782. The molecule has 0 radical (unpaired) electrons. The molecule has 0 spiro atoms. The lowest BCUT2D eigenvalue weighted by Gasteiger charge is -2.29. The predicted octanol–water partition coefficient (Wildman–Crippen LogP) is 1.79. The lowest BCUT2D eigenvalue weighted by Crippen LogP contribution is -2.31. The summed E-state index contributed by atoms with van der Waals surface area (Å²) in [5.74, 6) is -0.644. The van der Waals surface area contributed by atoms with Crippen LogP contribution < -0.4 is 0 Å². The van der Waals surface area contributed by atoms with Gasteiger partial charge in [-0.1, -0.05) is 26.2 Å². The van der Waals surface area contributed by atoms with Crippen molar-refractivity contribution in [2.75, 3.05) is 5.75 Å². The molecule has 0 amide bonds. The van der Waals surface area contributed by atoms with Crippen LogP contribution in [0, 0.1) is 5.92 Å². The summed E-state index contributed by atoms with van der Waals surface area (Å²) in [4.78, 5) is 10.5. The molecular weight excluding hydrogens is 200 g/mol. The third kappa shape index (κ3) is 3.08. The third-order valence-electron chi connectivity index (χ3n) is 2.97. The maximum absolute atomic E-state index is 11.7. The molecule has 0 aromatic heterocycles. The van der Waals surface area contributed by atoms with Gasteiger partial charge in [-0.25, -0.2) is 0 Å². The van der Waals surface area contributed by atoms with E-state index in [9.17, 15) is 9.00 Å². The highest BCUT2D eigenvalue weighted by Gasteiger charge is 2.29. The molecule has 1 saturated carbocycles. The number of carbonyl (C=O) groups is 1. The molecule has 0 saturated heterocycles. The van der Waals surface area contributed by atoms with Crippen molar-refractivity contribution in [3.63, 3.8) is 0 Å². The van der Waals surface area contributed by atoms with Gasteiger partial charge in [0.15, 0.2) is 0 Å². The summed E-state index contributed by atoms with van der Waals surface area (Å²) in [6, 6.07) is 0. The van der Waals surface area contributed by atoms with Crippen molar-refractivity contribution in [1.82, 2.24) is 0 Å². The topological polar surface area (TPSA) is 54.4 Å². The van der Waals surface area contributed by atoms with Gasteiger partial charge in [0.2, 0.25) is 0 Å². The minimum atomic E-state index is -1.17. The Morgan fingerprint density at radius 3 is 2.64 bits per heavy atom. The summed E-state index contributed by atoms with van der Waals surface area (Å²) >= 11 is 0. The largest absolute Gasteiger partial charge is 0.481 e. The Morgan fingerprint density at radius 1 is 1.43 bits per heavy atom. The molecule has 1 aliphatic carbocycles. The van der Waals surface area contributed by atoms with E-state index in [-0.39, 0.29) is 11.0 Å². The Kier molecular flexibility index (Phi) is 4.58. The molecule has 3 unspecified atom stereocenters. The summed E-state index contributed by atoms with van der Waals surface area (Å²) < 4.78 is 11.7. The first-order valence-corrected chi connectivity index (χ1v) is 6.62. The molecule has 0 bridgehead atoms. The second-order valence-corrected chi connectivity index (χ2v) is 5.57. The van der Waals surface area contributed by atoms with E-state index in [2.05, 4.69) is 6.92 Å². The molecule has 1 rings (SSSR count). The molecule has 0 heterocycles. The zero-order chi connectivity index (χ0) is 10.6. The van der Waals surface area contributed by atoms with Gasteiger partial charge in [-0.05, 0) is 18.8 Å². The number of hydrogen-bond acceptors (Lipinski definition) is 2. The smallest absolute Gasteiger partial charge is 0.316 e. The molecule has 1 fully saturated rings. The molecule has 0 aliphatic heterocycles. The van der Waals surface area contributed by atoms with Crippen molar-refractivity contribution in [1.29, 1.82) is 0 Å². The molecule has 4 heteroatoms. The Bertz CT molecular complexity index is 227. The van der Waals surface area contributed by atoms with E-state index < -0.39 is 16.8 Å². The maximum atomic E-state index is 11.7. The van der Waals surface area contributed by atoms with Crippen LogP contribution in [0.4, 0.5) is 0 Å². The Balaban J connectivity index is 2.54. The summed E-state index contributed by atoms with van der Waals surface area (Å²) in [6.07, 6.45) is 5.40. The maximum Gasteiger partial charge on any atom is 0.316 e. The fraction of sp³-hybridized carbons (Fsp3) is 0.900. The van der Waals surface area contributed by atoms with Gasteiger partial charge in [-0.15, -0.1) is 0 Å². The molecule has 3 nitrogen and oxygen atoms in total. The van der Waals surface area contributed by atoms with E-state index in [1.807, 2.05) is 0 Å². The van der Waals surface area contributed by atoms with Crippen LogP contribution in [0.2, 0.25) is 0 Å². The number of rotatable bonds is 4. The van der Waals surface area contributed by atoms with Gasteiger partial charge in [0.1, 0.15) is 5.75 Å². The van der Waals surface area contributed by atoms with Crippen LogP contribution in [0.3, 0.4) is 0 Å². The first-order chi connectivity index (χ1) is 6.65. The molecule has 1 N–H and O–H groups in total. The second-order valence-electron chi connectivity index (χ2n) is 3.91. The van der Waals surface area contributed by atoms with Gasteiger partial charge in [0, 0.05) is 16.0 Å². The predicted molar refractivity (Wildman–Crippen MR) is 56.7 cm³/mol. The van der Waals surface area contributed by atoms with Crippen molar-refractivity contribution in [3.05, 3.63) is 0 Å². The van der Waals surface area contributed by atoms with Crippen LogP contribution in [-0.2, 0) is 15.6 Å². The summed E-state index contributed by atoms with van der Waals surface area (Å²) in [6.45, 7) is 2.10. The molecule has 1 aliphatic rings. The van der Waals surface area contributed by atoms with E-state index in [0.29, 0.717) is 5.92 Å². The van der Waals surface area contributed by atoms with Gasteiger partial charge in [0.25, 0.3) is 0 Å². The van der Waals surface area contributed by atoms with Gasteiger partial charge >= 0.3 is 5.97 Å². The highest BCUT2D eigenvalue weighted by atomic mass is 32.2. The standard InChI is InChI=1S/C10H18O3S/c1-2-8-5-3-4-6-9(8)14(13)7-10(11)12/h8-9H,2-7H2,1H3,(H,11,12). The van der Waals surface area contributed by atoms with Gasteiger partial charge in [0.05, 0.1) is 0 Å². The van der Waals surface area contributed by atoms with E-state index in [1.54, 1.807) is 0 Å². The molecule has 3 atom stereocenters. The van der Waals surface area contributed by atoms with Crippen LogP contribution in [0.5, 0.6) is 0 Å². The summed E-state index contributed by atoms with van der Waals surface area (Å²) in [5.41, 5.74) is 0. The molecule has 0 aromatic rings. The average Bonchev–Trinajstić information content (AvgIpc) is 2.16. The summed E-state index contributed by atoms with van der Waals surface area (Å²) in [5, 5.41) is 8.71. The minimum absolute atomic E-state index is 0.129. The number of carboxylic acids is 1. The fourth-order valence-corrected chi connectivity index (χ4v) is 3.86. The Hall–Kier alpha value is -0.380. The van der Waals surface area contributed by atoms with Crippen LogP contribution in [0.1, 0.15) is 39.0 Å². The van der Waals surface area contributed by atoms with E-state index in [1.165, 1.54) is 6.42 Å². The van der Waals surface area contributed by atoms with E-state index in [4.69, 9.17) is 5.11 Å². The molecule has 0 aromatic carbocycles. The molecule has 14 heavy (non-hydrogen) atoms. The number of hydrogen-bond donors (Lipinski definition) is 1. The van der Waals surface area contributed by atoms with Gasteiger partial charge in [-0.3, -0.25) is 9.00 Å². The lowest BCUT2D eigenvalue weighted by molar-refractivity contribution is -0.134. The Morgan fingerprint density at radius 2 is 2.07 bits per heavy atom. The average molecular weight is 218 g/mol. The van der Waals surface area contributed by atoms with Crippen molar-refractivity contribution in [3.8, 4) is 0 Å². The van der Waals surface area contributed by atoms with Crippen molar-refractivity contribution in [2.45, 2.75) is 44.3 Å². The normalized spacial score (nSPS) is 29.8. The first kappa shape index (κ1) is 11.7. The summed E-state index contributed by atoms with van der Waals surface area (Å²) in [7, 11) is -1.17. The van der Waals surface area contributed by atoms with Crippen molar-refractivity contribution in [2.24, 2.45) is 5.92 Å². The minimum Gasteiger partial charge on any atom is -0.481 e. The van der Waals surface area contributed by atoms with E-state index in [0.717, 1.165) is 25.7 Å². The van der Waals surface area contributed by atoms with Gasteiger partial charge < -0.3 is 5.11 Å². The van der Waals surface area contributed by atoms with Crippen molar-refractivity contribution >= 4 is 16.8 Å². The first-order valence-electron chi connectivity index (χ1n) is 5.24.